The van der Waals surface area contributed by atoms with E-state index in [4.69, 9.17) is 11.6 Å². The number of benzene rings is 2. The molecule has 0 atom stereocenters. The van der Waals surface area contributed by atoms with E-state index in [-0.39, 0.29) is 11.8 Å². The monoisotopic (exact) mass is 301 g/mol. The van der Waals surface area contributed by atoms with Crippen molar-refractivity contribution >= 4 is 23.2 Å². The first-order valence-corrected chi connectivity index (χ1v) is 7.54. The van der Waals surface area contributed by atoms with Crippen LogP contribution < -0.4 is 4.90 Å². The van der Waals surface area contributed by atoms with Crippen LogP contribution >= 0.6 is 11.6 Å². The molecule has 2 rings (SSSR count). The highest BCUT2D eigenvalue weighted by atomic mass is 35.5. The fraction of sp³-hybridized carbons (Fsp3) is 0.278. The lowest BCUT2D eigenvalue weighted by atomic mass is 10.1. The number of carbonyl (C=O) groups excluding carboxylic acids is 1. The van der Waals surface area contributed by atoms with E-state index in [1.165, 1.54) is 5.56 Å². The Morgan fingerprint density at radius 1 is 1.05 bits per heavy atom. The van der Waals surface area contributed by atoms with Gasteiger partial charge in [-0.25, -0.2) is 0 Å². The van der Waals surface area contributed by atoms with Gasteiger partial charge in [-0.3, -0.25) is 4.79 Å². The zero-order chi connectivity index (χ0) is 15.4. The van der Waals surface area contributed by atoms with Crippen molar-refractivity contribution in [2.45, 2.75) is 27.3 Å². The first kappa shape index (κ1) is 15.6. The first-order valence-electron chi connectivity index (χ1n) is 7.00. The largest absolute Gasteiger partial charge is 0.307 e. The Kier molecular flexibility index (Phi) is 5.03. The summed E-state index contributed by atoms with van der Waals surface area (Å²) in [6.07, 6.45) is 0. The van der Waals surface area contributed by atoms with Crippen molar-refractivity contribution in [2.24, 2.45) is 0 Å². The summed E-state index contributed by atoms with van der Waals surface area (Å²) < 4.78 is 0. The Hall–Kier alpha value is -1.80. The van der Waals surface area contributed by atoms with Crippen molar-refractivity contribution in [1.82, 2.24) is 0 Å². The normalized spacial score (nSPS) is 10.5. The van der Waals surface area contributed by atoms with E-state index in [0.29, 0.717) is 6.54 Å². The fourth-order valence-corrected chi connectivity index (χ4v) is 2.60. The zero-order valence-electron chi connectivity index (χ0n) is 12.7. The minimum absolute atomic E-state index is 0.0150. The number of anilines is 1. The number of hydrogen-bond donors (Lipinski definition) is 0. The van der Waals surface area contributed by atoms with Crippen molar-refractivity contribution < 1.29 is 4.79 Å². The number of alkyl halides is 1. The Bertz CT molecular complexity index is 631. The summed E-state index contributed by atoms with van der Waals surface area (Å²) in [6.45, 7) is 6.67. The summed E-state index contributed by atoms with van der Waals surface area (Å²) in [7, 11) is 0. The maximum Gasteiger partial charge on any atom is 0.242 e. The molecule has 0 aliphatic rings. The number of hydrogen-bond acceptors (Lipinski definition) is 1. The second kappa shape index (κ2) is 6.77. The van der Waals surface area contributed by atoms with Crippen LogP contribution in [-0.2, 0) is 11.3 Å². The van der Waals surface area contributed by atoms with Crippen molar-refractivity contribution in [2.75, 3.05) is 10.8 Å². The number of carbonyl (C=O) groups is 1. The topological polar surface area (TPSA) is 20.3 Å². The number of rotatable bonds is 4. The highest BCUT2D eigenvalue weighted by Crippen LogP contribution is 2.22. The third-order valence-electron chi connectivity index (χ3n) is 3.52. The minimum Gasteiger partial charge on any atom is -0.307 e. The van der Waals surface area contributed by atoms with E-state index in [1.807, 2.05) is 44.2 Å². The van der Waals surface area contributed by atoms with E-state index in [1.54, 1.807) is 4.90 Å². The molecule has 0 aliphatic carbocycles. The average molecular weight is 302 g/mol. The molecule has 0 unspecified atom stereocenters. The molecule has 0 aromatic heterocycles. The highest BCUT2D eigenvalue weighted by molar-refractivity contribution is 6.29. The van der Waals surface area contributed by atoms with Gasteiger partial charge in [0, 0.05) is 5.69 Å². The van der Waals surface area contributed by atoms with Crippen LogP contribution in [0.25, 0.3) is 0 Å². The van der Waals surface area contributed by atoms with E-state index in [9.17, 15) is 4.79 Å². The SMILES string of the molecule is Cc1cc(C)cc(N(Cc2ccccc2C)C(=O)CCl)c1. The standard InChI is InChI=1S/C18H20ClNO/c1-13-8-14(2)10-17(9-13)20(18(21)11-19)12-16-7-5-4-6-15(16)3/h4-10H,11-12H2,1-3H3. The molecule has 0 fully saturated rings. The molecular weight excluding hydrogens is 282 g/mol. The van der Waals surface area contributed by atoms with Crippen molar-refractivity contribution in [3.8, 4) is 0 Å². The van der Waals surface area contributed by atoms with Gasteiger partial charge >= 0.3 is 0 Å². The molecule has 0 heterocycles. The summed E-state index contributed by atoms with van der Waals surface area (Å²) >= 11 is 5.79. The highest BCUT2D eigenvalue weighted by Gasteiger charge is 2.16. The van der Waals surface area contributed by atoms with Gasteiger partial charge in [0.1, 0.15) is 5.88 Å². The van der Waals surface area contributed by atoms with Crippen LogP contribution in [0.2, 0.25) is 0 Å². The summed E-state index contributed by atoms with van der Waals surface area (Å²) in [5, 5.41) is 0. The summed E-state index contributed by atoms with van der Waals surface area (Å²) in [5.41, 5.74) is 5.50. The van der Waals surface area contributed by atoms with E-state index in [0.717, 1.165) is 22.4 Å². The summed E-state index contributed by atoms with van der Waals surface area (Å²) in [5.74, 6) is -0.0938. The number of nitrogens with zero attached hydrogens (tertiary/aromatic N) is 1. The van der Waals surface area contributed by atoms with Gasteiger partial charge in [-0.2, -0.15) is 0 Å². The Morgan fingerprint density at radius 2 is 1.67 bits per heavy atom. The predicted molar refractivity (Wildman–Crippen MR) is 89.0 cm³/mol. The van der Waals surface area contributed by atoms with Gasteiger partial charge in [0.25, 0.3) is 0 Å². The van der Waals surface area contributed by atoms with Crippen LogP contribution in [0.5, 0.6) is 0 Å². The molecule has 21 heavy (non-hydrogen) atoms. The molecule has 2 aromatic carbocycles. The second-order valence-electron chi connectivity index (χ2n) is 5.39. The molecule has 0 spiro atoms. The smallest absolute Gasteiger partial charge is 0.242 e. The Labute approximate surface area is 131 Å². The van der Waals surface area contributed by atoms with E-state index < -0.39 is 0 Å². The Balaban J connectivity index is 2.39. The maximum absolute atomic E-state index is 12.2. The van der Waals surface area contributed by atoms with Crippen LogP contribution in [-0.4, -0.2) is 11.8 Å². The van der Waals surface area contributed by atoms with Gasteiger partial charge < -0.3 is 4.90 Å². The van der Waals surface area contributed by atoms with Gasteiger partial charge in [-0.15, -0.1) is 11.6 Å². The molecule has 2 nitrogen and oxygen atoms in total. The van der Waals surface area contributed by atoms with Gasteiger partial charge in [0.05, 0.1) is 6.54 Å². The van der Waals surface area contributed by atoms with Crippen molar-refractivity contribution in [1.29, 1.82) is 0 Å². The minimum atomic E-state index is -0.0788. The second-order valence-corrected chi connectivity index (χ2v) is 5.65. The molecule has 1 amide bonds. The molecular formula is C18H20ClNO. The fourth-order valence-electron chi connectivity index (χ4n) is 2.46. The first-order chi connectivity index (χ1) is 10.0. The van der Waals surface area contributed by atoms with Gasteiger partial charge in [-0.1, -0.05) is 30.3 Å². The molecule has 0 saturated heterocycles. The average Bonchev–Trinajstić information content (AvgIpc) is 2.44. The maximum atomic E-state index is 12.2. The molecule has 0 radical (unpaired) electrons. The molecule has 0 N–H and O–H groups in total. The van der Waals surface area contributed by atoms with Crippen molar-refractivity contribution in [3.05, 3.63) is 64.7 Å². The molecule has 2 aromatic rings. The third kappa shape index (κ3) is 3.85. The van der Waals surface area contributed by atoms with Crippen molar-refractivity contribution in [3.63, 3.8) is 0 Å². The molecule has 0 bridgehead atoms. The van der Waals surface area contributed by atoms with Crippen LogP contribution in [0.4, 0.5) is 5.69 Å². The summed E-state index contributed by atoms with van der Waals surface area (Å²) in [4.78, 5) is 14.0. The molecule has 0 aliphatic heterocycles. The van der Waals surface area contributed by atoms with E-state index >= 15 is 0 Å². The molecule has 3 heteroatoms. The lowest BCUT2D eigenvalue weighted by Crippen LogP contribution is -2.31. The quantitative estimate of drug-likeness (QED) is 0.767. The van der Waals surface area contributed by atoms with Crippen LogP contribution in [0.3, 0.4) is 0 Å². The number of aryl methyl sites for hydroxylation is 3. The molecule has 110 valence electrons. The lowest BCUT2D eigenvalue weighted by Gasteiger charge is -2.24. The van der Waals surface area contributed by atoms with Gasteiger partial charge in [-0.05, 0) is 55.2 Å². The third-order valence-corrected chi connectivity index (χ3v) is 3.75. The lowest BCUT2D eigenvalue weighted by molar-refractivity contribution is -0.116. The predicted octanol–water partition coefficient (Wildman–Crippen LogP) is 4.38. The zero-order valence-corrected chi connectivity index (χ0v) is 13.4. The van der Waals surface area contributed by atoms with Crippen LogP contribution in [0.1, 0.15) is 22.3 Å². The molecule has 0 saturated carbocycles. The van der Waals surface area contributed by atoms with Gasteiger partial charge in [0.2, 0.25) is 5.91 Å². The van der Waals surface area contributed by atoms with Gasteiger partial charge in [0.15, 0.2) is 0 Å². The van der Waals surface area contributed by atoms with E-state index in [2.05, 4.69) is 19.1 Å². The van der Waals surface area contributed by atoms with Crippen LogP contribution in [0, 0.1) is 20.8 Å². The number of amides is 1. The Morgan fingerprint density at radius 3 is 2.24 bits per heavy atom. The summed E-state index contributed by atoms with van der Waals surface area (Å²) in [6, 6.07) is 14.2. The number of halogens is 1. The van der Waals surface area contributed by atoms with Crippen LogP contribution in [0.15, 0.2) is 42.5 Å².